The van der Waals surface area contributed by atoms with Gasteiger partial charge in [-0.2, -0.15) is 0 Å². The Morgan fingerprint density at radius 2 is 1.94 bits per heavy atom. The third-order valence-corrected chi connectivity index (χ3v) is 3.71. The molecule has 0 N–H and O–H groups in total. The van der Waals surface area contributed by atoms with Crippen LogP contribution in [0.2, 0.25) is 0 Å². The lowest BCUT2D eigenvalue weighted by Gasteiger charge is -2.07. The fourth-order valence-corrected chi connectivity index (χ4v) is 2.61. The summed E-state index contributed by atoms with van der Waals surface area (Å²) in [7, 11) is 3.25. The van der Waals surface area contributed by atoms with Gasteiger partial charge in [0.05, 0.1) is 14.2 Å². The topological polar surface area (TPSA) is 31.4 Å². The molecule has 1 heterocycles. The molecule has 1 aromatic heterocycles. The first-order chi connectivity index (χ1) is 7.74. The van der Waals surface area contributed by atoms with Gasteiger partial charge in [0.2, 0.25) is 0 Å². The maximum atomic E-state index is 5.25. The molecule has 0 unspecified atom stereocenters. The number of rotatable bonds is 3. The SMILES string of the molecule is COc1ccc(-c2nc(Br)cs2)cc1OC. The van der Waals surface area contributed by atoms with E-state index in [0.29, 0.717) is 5.75 Å². The van der Waals surface area contributed by atoms with Gasteiger partial charge in [-0.1, -0.05) is 0 Å². The van der Waals surface area contributed by atoms with Crippen LogP contribution in [0, 0.1) is 0 Å². The van der Waals surface area contributed by atoms with E-state index in [1.807, 2.05) is 23.6 Å². The maximum absolute atomic E-state index is 5.25. The van der Waals surface area contributed by atoms with E-state index in [1.54, 1.807) is 25.6 Å². The normalized spacial score (nSPS) is 10.2. The lowest BCUT2D eigenvalue weighted by atomic mass is 10.2. The van der Waals surface area contributed by atoms with E-state index in [0.717, 1.165) is 20.9 Å². The molecule has 0 radical (unpaired) electrons. The highest BCUT2D eigenvalue weighted by molar-refractivity contribution is 9.10. The molecule has 1 aromatic carbocycles. The quantitative estimate of drug-likeness (QED) is 0.868. The molecular weight excluding hydrogens is 290 g/mol. The number of hydrogen-bond donors (Lipinski definition) is 0. The van der Waals surface area contributed by atoms with Crippen LogP contribution in [0.3, 0.4) is 0 Å². The van der Waals surface area contributed by atoms with Crippen LogP contribution in [-0.4, -0.2) is 19.2 Å². The van der Waals surface area contributed by atoms with Gasteiger partial charge >= 0.3 is 0 Å². The Morgan fingerprint density at radius 1 is 1.19 bits per heavy atom. The van der Waals surface area contributed by atoms with Crippen molar-refractivity contribution in [2.45, 2.75) is 0 Å². The Labute approximate surface area is 106 Å². The van der Waals surface area contributed by atoms with Gasteiger partial charge in [-0.15, -0.1) is 11.3 Å². The van der Waals surface area contributed by atoms with Crippen LogP contribution in [0.4, 0.5) is 0 Å². The van der Waals surface area contributed by atoms with Crippen LogP contribution in [0.15, 0.2) is 28.2 Å². The van der Waals surface area contributed by atoms with Gasteiger partial charge in [0, 0.05) is 10.9 Å². The van der Waals surface area contributed by atoms with Crippen molar-refractivity contribution in [2.24, 2.45) is 0 Å². The minimum Gasteiger partial charge on any atom is -0.493 e. The molecule has 0 amide bonds. The van der Waals surface area contributed by atoms with Crippen LogP contribution in [0.1, 0.15) is 0 Å². The molecule has 16 heavy (non-hydrogen) atoms. The summed E-state index contributed by atoms with van der Waals surface area (Å²) >= 11 is 4.92. The standard InChI is InChI=1S/C11H10BrNO2S/c1-14-8-4-3-7(5-9(8)15-2)11-13-10(12)6-16-11/h3-6H,1-2H3. The number of thiazole rings is 1. The van der Waals surface area contributed by atoms with Crippen molar-refractivity contribution in [2.75, 3.05) is 14.2 Å². The summed E-state index contributed by atoms with van der Waals surface area (Å²) in [5.41, 5.74) is 1.02. The molecule has 2 aromatic rings. The minimum atomic E-state index is 0.714. The molecule has 84 valence electrons. The third-order valence-electron chi connectivity index (χ3n) is 2.11. The lowest BCUT2D eigenvalue weighted by molar-refractivity contribution is 0.355. The average Bonchev–Trinajstić information content (AvgIpc) is 2.75. The van der Waals surface area contributed by atoms with Crippen LogP contribution < -0.4 is 9.47 Å². The molecule has 5 heteroatoms. The van der Waals surface area contributed by atoms with Gasteiger partial charge in [-0.25, -0.2) is 4.98 Å². The number of ether oxygens (including phenoxy) is 2. The molecule has 0 bridgehead atoms. The molecule has 0 aliphatic heterocycles. The van der Waals surface area contributed by atoms with Crippen molar-refractivity contribution in [3.05, 3.63) is 28.2 Å². The summed E-state index contributed by atoms with van der Waals surface area (Å²) in [5.74, 6) is 1.44. The van der Waals surface area contributed by atoms with Crippen LogP contribution >= 0.6 is 27.3 Å². The predicted molar refractivity (Wildman–Crippen MR) is 68.4 cm³/mol. The number of benzene rings is 1. The molecule has 0 saturated heterocycles. The Hall–Kier alpha value is -1.07. The van der Waals surface area contributed by atoms with Crippen molar-refractivity contribution >= 4 is 27.3 Å². The smallest absolute Gasteiger partial charge is 0.161 e. The van der Waals surface area contributed by atoms with Gasteiger partial charge in [-0.3, -0.25) is 0 Å². The summed E-state index contributed by atoms with van der Waals surface area (Å²) in [6, 6.07) is 5.76. The molecule has 2 rings (SSSR count). The first-order valence-electron chi connectivity index (χ1n) is 4.58. The second-order valence-corrected chi connectivity index (χ2v) is 4.72. The van der Waals surface area contributed by atoms with Crippen molar-refractivity contribution in [1.82, 2.24) is 4.98 Å². The Bertz CT molecular complexity index is 498. The fraction of sp³-hybridized carbons (Fsp3) is 0.182. The van der Waals surface area contributed by atoms with Crippen LogP contribution in [-0.2, 0) is 0 Å². The highest BCUT2D eigenvalue weighted by Crippen LogP contribution is 2.34. The van der Waals surface area contributed by atoms with E-state index in [1.165, 1.54) is 0 Å². The Kier molecular flexibility index (Phi) is 3.46. The molecular formula is C11H10BrNO2S. The van der Waals surface area contributed by atoms with Crippen molar-refractivity contribution in [3.8, 4) is 22.1 Å². The van der Waals surface area contributed by atoms with Crippen molar-refractivity contribution in [3.63, 3.8) is 0 Å². The average molecular weight is 300 g/mol. The largest absolute Gasteiger partial charge is 0.493 e. The summed E-state index contributed by atoms with van der Waals surface area (Å²) in [6.07, 6.45) is 0. The molecule has 0 aliphatic carbocycles. The molecule has 3 nitrogen and oxygen atoms in total. The zero-order chi connectivity index (χ0) is 11.5. The molecule has 0 aliphatic rings. The number of halogens is 1. The van der Waals surface area contributed by atoms with E-state index >= 15 is 0 Å². The van der Waals surface area contributed by atoms with E-state index in [-0.39, 0.29) is 0 Å². The van der Waals surface area contributed by atoms with E-state index in [2.05, 4.69) is 20.9 Å². The molecule has 0 spiro atoms. The molecule has 0 fully saturated rings. The first-order valence-corrected chi connectivity index (χ1v) is 6.25. The monoisotopic (exact) mass is 299 g/mol. The fourth-order valence-electron chi connectivity index (χ4n) is 1.36. The van der Waals surface area contributed by atoms with E-state index < -0.39 is 0 Å². The van der Waals surface area contributed by atoms with E-state index in [9.17, 15) is 0 Å². The highest BCUT2D eigenvalue weighted by atomic mass is 79.9. The minimum absolute atomic E-state index is 0.714. The van der Waals surface area contributed by atoms with Crippen molar-refractivity contribution in [1.29, 1.82) is 0 Å². The number of hydrogen-bond acceptors (Lipinski definition) is 4. The van der Waals surface area contributed by atoms with Gasteiger partial charge in [0.15, 0.2) is 11.5 Å². The van der Waals surface area contributed by atoms with Crippen LogP contribution in [0.5, 0.6) is 11.5 Å². The van der Waals surface area contributed by atoms with Gasteiger partial charge in [-0.05, 0) is 34.1 Å². The molecule has 0 saturated carbocycles. The van der Waals surface area contributed by atoms with Gasteiger partial charge < -0.3 is 9.47 Å². The number of methoxy groups -OCH3 is 2. The number of aromatic nitrogens is 1. The summed E-state index contributed by atoms with van der Waals surface area (Å²) in [5, 5.41) is 2.90. The summed E-state index contributed by atoms with van der Waals surface area (Å²) < 4.78 is 11.3. The maximum Gasteiger partial charge on any atom is 0.161 e. The highest BCUT2D eigenvalue weighted by Gasteiger charge is 2.08. The zero-order valence-corrected chi connectivity index (χ0v) is 11.3. The van der Waals surface area contributed by atoms with Crippen LogP contribution in [0.25, 0.3) is 10.6 Å². The lowest BCUT2D eigenvalue weighted by Crippen LogP contribution is -1.90. The summed E-state index contributed by atoms with van der Waals surface area (Å²) in [6.45, 7) is 0. The van der Waals surface area contributed by atoms with Crippen molar-refractivity contribution < 1.29 is 9.47 Å². The Morgan fingerprint density at radius 3 is 2.50 bits per heavy atom. The second kappa shape index (κ2) is 4.84. The third kappa shape index (κ3) is 2.20. The predicted octanol–water partition coefficient (Wildman–Crippen LogP) is 3.59. The Balaban J connectivity index is 2.43. The number of nitrogens with zero attached hydrogens (tertiary/aromatic N) is 1. The van der Waals surface area contributed by atoms with E-state index in [4.69, 9.17) is 9.47 Å². The summed E-state index contributed by atoms with van der Waals surface area (Å²) in [4.78, 5) is 4.35. The zero-order valence-electron chi connectivity index (χ0n) is 8.86. The second-order valence-electron chi connectivity index (χ2n) is 3.05. The van der Waals surface area contributed by atoms with Gasteiger partial charge in [0.1, 0.15) is 9.61 Å². The first kappa shape index (κ1) is 11.4. The molecule has 0 atom stereocenters. The van der Waals surface area contributed by atoms with Gasteiger partial charge in [0.25, 0.3) is 0 Å².